The number of imidazole rings is 1. The van der Waals surface area contributed by atoms with Gasteiger partial charge in [0, 0.05) is 36.8 Å². The zero-order valence-corrected chi connectivity index (χ0v) is 26.6. The first kappa shape index (κ1) is 33.0. The molecule has 0 spiro atoms. The number of aliphatic hydroxyl groups excluding tert-OH is 2. The molecule has 2 aromatic heterocycles. The van der Waals surface area contributed by atoms with Crippen LogP contribution in [-0.4, -0.2) is 92.4 Å². The molecule has 0 bridgehead atoms. The Kier molecular flexibility index (Phi) is 9.38. The molecular formula is C31H34N8O8S. The van der Waals surface area contributed by atoms with Crippen LogP contribution in [0.4, 0.5) is 17.2 Å². The molecule has 0 amide bonds. The minimum atomic E-state index is -4.37. The van der Waals surface area contributed by atoms with Crippen LogP contribution >= 0.6 is 0 Å². The van der Waals surface area contributed by atoms with Crippen molar-refractivity contribution in [2.75, 3.05) is 37.8 Å². The highest BCUT2D eigenvalue weighted by molar-refractivity contribution is 7.89. The molecule has 4 atom stereocenters. The Morgan fingerprint density at radius 2 is 1.88 bits per heavy atom. The summed E-state index contributed by atoms with van der Waals surface area (Å²) in [6, 6.07) is 17.3. The number of fused-ring (bicyclic) bond motifs is 2. The summed E-state index contributed by atoms with van der Waals surface area (Å²) in [5.74, 6) is 0.0201. The smallest absolute Gasteiger partial charge is 0.312 e. The maximum absolute atomic E-state index is 14.0. The number of aromatic nitrogens is 4. The van der Waals surface area contributed by atoms with Crippen LogP contribution in [0, 0.1) is 10.1 Å². The van der Waals surface area contributed by atoms with E-state index in [1.54, 1.807) is 0 Å². The molecule has 0 radical (unpaired) electrons. The Morgan fingerprint density at radius 1 is 1.08 bits per heavy atom. The molecule has 5 aromatic rings. The summed E-state index contributed by atoms with van der Waals surface area (Å²) in [7, 11) is -3.12. The van der Waals surface area contributed by atoms with Gasteiger partial charge >= 0.3 is 5.69 Å². The van der Waals surface area contributed by atoms with E-state index < -0.39 is 45.2 Å². The number of nitro groups is 1. The van der Waals surface area contributed by atoms with E-state index in [2.05, 4.69) is 20.3 Å². The lowest BCUT2D eigenvalue weighted by Gasteiger charge is -2.26. The number of nitrogens with one attached hydrogen (secondary N) is 1. The summed E-state index contributed by atoms with van der Waals surface area (Å²) in [6.45, 7) is 0.166. The largest absolute Gasteiger partial charge is 0.490 e. The monoisotopic (exact) mass is 678 g/mol. The summed E-state index contributed by atoms with van der Waals surface area (Å²) in [4.78, 5) is 22.9. The maximum Gasteiger partial charge on any atom is 0.312 e. The van der Waals surface area contributed by atoms with E-state index in [-0.39, 0.29) is 40.7 Å². The van der Waals surface area contributed by atoms with Gasteiger partial charge in [-0.15, -0.1) is 0 Å². The maximum atomic E-state index is 14.0. The first-order valence-electron chi connectivity index (χ1n) is 15.1. The van der Waals surface area contributed by atoms with E-state index in [1.165, 1.54) is 36.5 Å². The Bertz CT molecular complexity index is 2050. The van der Waals surface area contributed by atoms with Crippen LogP contribution in [0.5, 0.6) is 5.75 Å². The first-order valence-corrected chi connectivity index (χ1v) is 16.5. The van der Waals surface area contributed by atoms with Crippen LogP contribution in [0.3, 0.4) is 0 Å². The number of benzene rings is 3. The first-order chi connectivity index (χ1) is 23.1. The molecule has 0 saturated carbocycles. The normalized spacial score (nSPS) is 19.7. The fourth-order valence-corrected chi connectivity index (χ4v) is 7.33. The third kappa shape index (κ3) is 6.33. The van der Waals surface area contributed by atoms with Crippen molar-refractivity contribution in [1.29, 1.82) is 0 Å². The molecule has 1 saturated heterocycles. The molecule has 5 N–H and O–H groups in total. The summed E-state index contributed by atoms with van der Waals surface area (Å²) in [6.07, 6.45) is -1.79. The summed E-state index contributed by atoms with van der Waals surface area (Å²) >= 11 is 0. The minimum absolute atomic E-state index is 0.00944. The number of nitrogens with zero attached hydrogens (tertiary/aromatic N) is 6. The molecule has 3 aromatic carbocycles. The van der Waals surface area contributed by atoms with E-state index in [0.29, 0.717) is 19.4 Å². The second-order valence-corrected chi connectivity index (χ2v) is 13.2. The van der Waals surface area contributed by atoms with Crippen LogP contribution in [0.15, 0.2) is 78.2 Å². The number of sulfonamides is 1. The van der Waals surface area contributed by atoms with Crippen molar-refractivity contribution in [2.24, 2.45) is 0 Å². The number of hydrogen-bond donors (Lipinski definition) is 4. The zero-order valence-electron chi connectivity index (χ0n) is 25.8. The van der Waals surface area contributed by atoms with Gasteiger partial charge in [0.05, 0.1) is 23.3 Å². The second-order valence-electron chi connectivity index (χ2n) is 11.2. The Balaban J connectivity index is 1.22. The number of nitrogens with two attached hydrogens (primary N) is 1. The molecule has 0 aliphatic carbocycles. The van der Waals surface area contributed by atoms with Gasteiger partial charge in [0.1, 0.15) is 30.2 Å². The highest BCUT2D eigenvalue weighted by Gasteiger charge is 2.46. The minimum Gasteiger partial charge on any atom is -0.490 e. The Morgan fingerprint density at radius 3 is 2.67 bits per heavy atom. The van der Waals surface area contributed by atoms with Crippen molar-refractivity contribution in [3.05, 3.63) is 83.4 Å². The molecule has 1 aliphatic heterocycles. The molecule has 3 heterocycles. The van der Waals surface area contributed by atoms with Gasteiger partial charge < -0.3 is 30.7 Å². The fraction of sp³-hybridized carbons (Fsp3) is 0.323. The van der Waals surface area contributed by atoms with Crippen molar-refractivity contribution >= 4 is 49.2 Å². The van der Waals surface area contributed by atoms with Crippen molar-refractivity contribution in [3.63, 3.8) is 0 Å². The number of ether oxygens (including phenoxy) is 2. The molecule has 48 heavy (non-hydrogen) atoms. The molecule has 6 rings (SSSR count). The van der Waals surface area contributed by atoms with E-state index in [4.69, 9.17) is 15.2 Å². The van der Waals surface area contributed by atoms with E-state index in [9.17, 15) is 28.7 Å². The Hall–Kier alpha value is -4.94. The van der Waals surface area contributed by atoms with Gasteiger partial charge in [-0.2, -0.15) is 4.31 Å². The fourth-order valence-electron chi connectivity index (χ4n) is 5.81. The van der Waals surface area contributed by atoms with Crippen LogP contribution in [0.1, 0.15) is 19.1 Å². The molecule has 252 valence electrons. The quantitative estimate of drug-likeness (QED) is 0.0800. The van der Waals surface area contributed by atoms with Crippen molar-refractivity contribution < 1.29 is 33.0 Å². The topological polar surface area (TPSA) is 221 Å². The molecule has 1 fully saturated rings. The average molecular weight is 679 g/mol. The molecular weight excluding hydrogens is 644 g/mol. The number of anilines is 2. The number of nitrogen functional groups attached to an aromatic ring is 1. The van der Waals surface area contributed by atoms with Gasteiger partial charge in [0.2, 0.25) is 10.0 Å². The molecule has 1 aliphatic rings. The van der Waals surface area contributed by atoms with Crippen LogP contribution in [0.25, 0.3) is 21.9 Å². The van der Waals surface area contributed by atoms with Gasteiger partial charge in [-0.25, -0.2) is 23.4 Å². The van der Waals surface area contributed by atoms with Gasteiger partial charge in [-0.05, 0) is 36.4 Å². The standard InChI is InChI=1S/C31H34N8O8S/c1-46-24-12-11-20(15-23(24)39(42)43)48(44,45)37(14-5-4-13-33-22-10-6-8-19-7-2-3-9-21(19)22)16-25-27(40)28(41)31(47-25)38-18-36-26-29(32)34-17-35-30(26)38/h2-3,6-12,15,17-18,25,27-28,31,33,40-41H,4-5,13-14,16H2,1H3,(H2,32,34,35)/t25-,27-,28-,31-/m1/s1. The number of rotatable bonds is 13. The van der Waals surface area contributed by atoms with Crippen LogP contribution in [0.2, 0.25) is 0 Å². The van der Waals surface area contributed by atoms with Crippen molar-refractivity contribution in [3.8, 4) is 5.75 Å². The third-order valence-corrected chi connectivity index (χ3v) is 10.2. The number of unbranched alkanes of at least 4 members (excludes halogenated alkanes) is 1. The predicted octanol–water partition coefficient (Wildman–Crippen LogP) is 2.68. The number of hydrogen-bond acceptors (Lipinski definition) is 13. The number of aliphatic hydroxyl groups is 2. The highest BCUT2D eigenvalue weighted by Crippen LogP contribution is 2.35. The van der Waals surface area contributed by atoms with E-state index in [0.717, 1.165) is 26.8 Å². The van der Waals surface area contributed by atoms with Crippen molar-refractivity contribution in [2.45, 2.75) is 42.3 Å². The second kappa shape index (κ2) is 13.7. The lowest BCUT2D eigenvalue weighted by atomic mass is 10.1. The van der Waals surface area contributed by atoms with Crippen LogP contribution in [-0.2, 0) is 14.8 Å². The SMILES string of the molecule is COc1ccc(S(=O)(=O)N(CCCCNc2cccc3ccccc23)C[C@H]2O[C@@H](n3cnc4c(N)ncnc43)[C@H](O)[C@@H]2O)cc1[N+](=O)[O-]. The molecule has 0 unspecified atom stereocenters. The van der Waals surface area contributed by atoms with Crippen molar-refractivity contribution in [1.82, 2.24) is 23.8 Å². The number of methoxy groups -OCH3 is 1. The Labute approximate surface area is 275 Å². The zero-order chi connectivity index (χ0) is 34.0. The van der Waals surface area contributed by atoms with Gasteiger partial charge in [0.15, 0.2) is 23.4 Å². The predicted molar refractivity (Wildman–Crippen MR) is 176 cm³/mol. The van der Waals surface area contributed by atoms with Gasteiger partial charge in [0.25, 0.3) is 0 Å². The third-order valence-electron chi connectivity index (χ3n) is 8.31. The van der Waals surface area contributed by atoms with Crippen LogP contribution < -0.4 is 15.8 Å². The molecule has 17 heteroatoms. The summed E-state index contributed by atoms with van der Waals surface area (Å²) in [5.41, 5.74) is 6.86. The average Bonchev–Trinajstić information content (AvgIpc) is 3.64. The van der Waals surface area contributed by atoms with E-state index in [1.807, 2.05) is 42.5 Å². The van der Waals surface area contributed by atoms with Gasteiger partial charge in [-0.1, -0.05) is 36.4 Å². The summed E-state index contributed by atoms with van der Waals surface area (Å²) in [5, 5.41) is 39.3. The van der Waals surface area contributed by atoms with E-state index >= 15 is 0 Å². The lowest BCUT2D eigenvalue weighted by molar-refractivity contribution is -0.386. The van der Waals surface area contributed by atoms with Gasteiger partial charge in [-0.3, -0.25) is 14.7 Å². The number of nitro benzene ring substituents is 1. The molecule has 16 nitrogen and oxygen atoms in total. The highest BCUT2D eigenvalue weighted by atomic mass is 32.2. The lowest BCUT2D eigenvalue weighted by Crippen LogP contribution is -2.43. The summed E-state index contributed by atoms with van der Waals surface area (Å²) < 4.78 is 41.7.